The van der Waals surface area contributed by atoms with E-state index in [0.717, 1.165) is 12.1 Å². The molecule has 2 amide bonds. The van der Waals surface area contributed by atoms with Crippen molar-refractivity contribution in [1.29, 1.82) is 0 Å². The molecule has 0 aliphatic heterocycles. The predicted octanol–water partition coefficient (Wildman–Crippen LogP) is 5.00. The third-order valence-electron chi connectivity index (χ3n) is 4.06. The third-order valence-corrected chi connectivity index (χ3v) is 4.37. The summed E-state index contributed by atoms with van der Waals surface area (Å²) < 4.78 is 49.2. The van der Waals surface area contributed by atoms with E-state index in [4.69, 9.17) is 20.8 Å². The van der Waals surface area contributed by atoms with Crippen LogP contribution in [0.4, 0.5) is 24.5 Å². The third kappa shape index (κ3) is 5.46. The van der Waals surface area contributed by atoms with Crippen molar-refractivity contribution in [3.05, 3.63) is 82.8 Å². The minimum absolute atomic E-state index is 0.00718. The molecule has 32 heavy (non-hydrogen) atoms. The van der Waals surface area contributed by atoms with Crippen LogP contribution in [-0.4, -0.2) is 24.4 Å². The minimum Gasteiger partial charge on any atom is -0.459 e. The van der Waals surface area contributed by atoms with E-state index >= 15 is 0 Å². The minimum atomic E-state index is -4.75. The molecule has 0 saturated carbocycles. The largest absolute Gasteiger partial charge is 0.459 e. The standard InChI is InChI=1S/C21H14ClF3N2O5/c22-14-7-3-6-13(21(23,24)25)18(14)27-17(28)11-32-20(30)12-5-1-2-8-15(12)26-19(29)16-9-4-10-31-16/h1-10H,11H2,(H,26,29)(H,27,28). The lowest BCUT2D eigenvalue weighted by atomic mass is 10.1. The Morgan fingerprint density at radius 2 is 1.72 bits per heavy atom. The van der Waals surface area contributed by atoms with Gasteiger partial charge in [-0.05, 0) is 36.4 Å². The van der Waals surface area contributed by atoms with Gasteiger partial charge in [0.25, 0.3) is 11.8 Å². The summed E-state index contributed by atoms with van der Waals surface area (Å²) in [7, 11) is 0. The van der Waals surface area contributed by atoms with E-state index in [0.29, 0.717) is 0 Å². The molecule has 0 aliphatic carbocycles. The average molecular weight is 467 g/mol. The van der Waals surface area contributed by atoms with E-state index in [9.17, 15) is 27.6 Å². The monoisotopic (exact) mass is 466 g/mol. The number of ether oxygens (including phenoxy) is 1. The van der Waals surface area contributed by atoms with Crippen molar-refractivity contribution in [1.82, 2.24) is 0 Å². The first-order chi connectivity index (χ1) is 15.2. The highest BCUT2D eigenvalue weighted by Crippen LogP contribution is 2.38. The highest BCUT2D eigenvalue weighted by molar-refractivity contribution is 6.34. The second kappa shape index (κ2) is 9.56. The van der Waals surface area contributed by atoms with E-state index in [1.807, 2.05) is 5.32 Å². The van der Waals surface area contributed by atoms with Crippen LogP contribution < -0.4 is 10.6 Å². The quantitative estimate of drug-likeness (QED) is 0.498. The van der Waals surface area contributed by atoms with Crippen LogP contribution >= 0.6 is 11.6 Å². The van der Waals surface area contributed by atoms with Crippen LogP contribution in [-0.2, 0) is 15.7 Å². The second-order valence-corrected chi connectivity index (χ2v) is 6.67. The summed E-state index contributed by atoms with van der Waals surface area (Å²) in [6, 6.07) is 11.8. The van der Waals surface area contributed by atoms with Gasteiger partial charge in [0, 0.05) is 0 Å². The molecule has 0 spiro atoms. The van der Waals surface area contributed by atoms with Gasteiger partial charge < -0.3 is 19.8 Å². The highest BCUT2D eigenvalue weighted by Gasteiger charge is 2.34. The average Bonchev–Trinajstić information content (AvgIpc) is 3.28. The van der Waals surface area contributed by atoms with Crippen LogP contribution in [0.25, 0.3) is 0 Å². The molecule has 1 heterocycles. The van der Waals surface area contributed by atoms with Gasteiger partial charge in [0.15, 0.2) is 12.4 Å². The number of benzene rings is 2. The fourth-order valence-corrected chi connectivity index (χ4v) is 2.86. The van der Waals surface area contributed by atoms with Crippen molar-refractivity contribution < 1.29 is 36.7 Å². The van der Waals surface area contributed by atoms with Gasteiger partial charge in [0.2, 0.25) is 0 Å². The lowest BCUT2D eigenvalue weighted by molar-refractivity contribution is -0.137. The zero-order valence-electron chi connectivity index (χ0n) is 16.0. The number of rotatable bonds is 6. The lowest BCUT2D eigenvalue weighted by Crippen LogP contribution is -2.23. The van der Waals surface area contributed by atoms with Crippen LogP contribution in [0.5, 0.6) is 0 Å². The van der Waals surface area contributed by atoms with Crippen LogP contribution in [0.1, 0.15) is 26.5 Å². The Morgan fingerprint density at radius 1 is 0.969 bits per heavy atom. The predicted molar refractivity (Wildman–Crippen MR) is 108 cm³/mol. The van der Waals surface area contributed by atoms with Gasteiger partial charge in [-0.1, -0.05) is 29.8 Å². The van der Waals surface area contributed by atoms with Crippen LogP contribution in [0.3, 0.4) is 0 Å². The molecule has 0 bridgehead atoms. The summed E-state index contributed by atoms with van der Waals surface area (Å²) in [6.07, 6.45) is -3.45. The number of hydrogen-bond donors (Lipinski definition) is 2. The first-order valence-electron chi connectivity index (χ1n) is 8.93. The van der Waals surface area contributed by atoms with E-state index < -0.39 is 41.8 Å². The maximum absolute atomic E-state index is 13.1. The Balaban J connectivity index is 1.67. The maximum Gasteiger partial charge on any atom is 0.418 e. The molecule has 0 fully saturated rings. The van der Waals surface area contributed by atoms with Crippen molar-refractivity contribution in [3.8, 4) is 0 Å². The maximum atomic E-state index is 13.1. The Bertz CT molecular complexity index is 1150. The molecule has 0 aliphatic rings. The zero-order valence-corrected chi connectivity index (χ0v) is 16.8. The fraction of sp³-hybridized carbons (Fsp3) is 0.0952. The number of para-hydroxylation sites is 2. The Morgan fingerprint density at radius 3 is 2.41 bits per heavy atom. The Hall–Kier alpha value is -3.79. The molecule has 0 atom stereocenters. The molecule has 2 N–H and O–H groups in total. The number of hydrogen-bond acceptors (Lipinski definition) is 5. The number of carbonyl (C=O) groups excluding carboxylic acids is 3. The SMILES string of the molecule is O=C(COC(=O)c1ccccc1NC(=O)c1ccco1)Nc1c(Cl)cccc1C(F)(F)F. The molecule has 3 rings (SSSR count). The fourth-order valence-electron chi connectivity index (χ4n) is 2.63. The van der Waals surface area contributed by atoms with E-state index in [2.05, 4.69) is 5.32 Å². The van der Waals surface area contributed by atoms with Gasteiger partial charge in [-0.25, -0.2) is 4.79 Å². The summed E-state index contributed by atoms with van der Waals surface area (Å²) in [4.78, 5) is 36.6. The van der Waals surface area contributed by atoms with Crippen LogP contribution in [0, 0.1) is 0 Å². The number of anilines is 2. The van der Waals surface area contributed by atoms with E-state index in [1.54, 1.807) is 6.07 Å². The molecule has 0 saturated heterocycles. The summed E-state index contributed by atoms with van der Waals surface area (Å²) in [5, 5.41) is 4.16. The summed E-state index contributed by atoms with van der Waals surface area (Å²) >= 11 is 5.78. The highest BCUT2D eigenvalue weighted by atomic mass is 35.5. The number of esters is 1. The topological polar surface area (TPSA) is 97.6 Å². The van der Waals surface area contributed by atoms with Gasteiger partial charge in [0.1, 0.15) is 0 Å². The lowest BCUT2D eigenvalue weighted by Gasteiger charge is -2.15. The molecular weight excluding hydrogens is 453 g/mol. The van der Waals surface area contributed by atoms with Crippen molar-refractivity contribution >= 4 is 40.8 Å². The number of halogens is 4. The molecule has 0 unspecified atom stereocenters. The molecule has 11 heteroatoms. The van der Waals surface area contributed by atoms with Crippen molar-refractivity contribution in [2.45, 2.75) is 6.18 Å². The Labute approximate surface area is 184 Å². The molecular formula is C21H14ClF3N2O5. The summed E-state index contributed by atoms with van der Waals surface area (Å²) in [6.45, 7) is -0.887. The molecule has 2 aromatic carbocycles. The zero-order chi connectivity index (χ0) is 23.3. The van der Waals surface area contributed by atoms with Gasteiger partial charge in [0.05, 0.1) is 33.8 Å². The summed E-state index contributed by atoms with van der Waals surface area (Å²) in [5.74, 6) is -2.63. The second-order valence-electron chi connectivity index (χ2n) is 6.26. The molecule has 7 nitrogen and oxygen atoms in total. The van der Waals surface area contributed by atoms with Crippen molar-refractivity contribution in [2.24, 2.45) is 0 Å². The Kier molecular flexibility index (Phi) is 6.84. The molecule has 1 aromatic heterocycles. The number of carbonyl (C=O) groups is 3. The smallest absolute Gasteiger partial charge is 0.418 e. The van der Waals surface area contributed by atoms with Gasteiger partial charge in [-0.3, -0.25) is 9.59 Å². The summed E-state index contributed by atoms with van der Waals surface area (Å²) in [5.41, 5.74) is -1.77. The van der Waals surface area contributed by atoms with Gasteiger partial charge in [-0.2, -0.15) is 13.2 Å². The van der Waals surface area contributed by atoms with Crippen LogP contribution in [0.2, 0.25) is 5.02 Å². The molecule has 166 valence electrons. The van der Waals surface area contributed by atoms with E-state index in [1.165, 1.54) is 42.7 Å². The van der Waals surface area contributed by atoms with Gasteiger partial charge >= 0.3 is 12.1 Å². The number of amides is 2. The van der Waals surface area contributed by atoms with Gasteiger partial charge in [-0.15, -0.1) is 0 Å². The van der Waals surface area contributed by atoms with Crippen molar-refractivity contribution in [3.63, 3.8) is 0 Å². The first-order valence-corrected chi connectivity index (χ1v) is 9.31. The molecule has 3 aromatic rings. The number of nitrogens with one attached hydrogen (secondary N) is 2. The number of furan rings is 1. The normalized spacial score (nSPS) is 11.0. The molecule has 0 radical (unpaired) electrons. The first kappa shape index (κ1) is 22.9. The number of alkyl halides is 3. The van der Waals surface area contributed by atoms with Crippen LogP contribution in [0.15, 0.2) is 65.3 Å². The van der Waals surface area contributed by atoms with E-state index in [-0.39, 0.29) is 22.0 Å². The van der Waals surface area contributed by atoms with Crippen molar-refractivity contribution in [2.75, 3.05) is 17.2 Å².